The molecule has 1 aromatic heterocycles. The van der Waals surface area contributed by atoms with E-state index >= 15 is 0 Å². The molecule has 160 valence electrons. The standard InChI is InChI=1S/C24H22F2N2O3/c25-17-10-16(11-18(26)12-17)20-3-4-22(31-20)23(29)28-7-5-24(6-8-28)14-30-21-2-1-15(13-27)9-19(21)24/h1-4,9-12H,5-8,13-14,27H2. The summed E-state index contributed by atoms with van der Waals surface area (Å²) in [5.41, 5.74) is 8.20. The number of nitrogens with two attached hydrogens (primary N) is 1. The fraction of sp³-hybridized carbons (Fsp3) is 0.292. The summed E-state index contributed by atoms with van der Waals surface area (Å²) in [6.45, 7) is 2.22. The van der Waals surface area contributed by atoms with Gasteiger partial charge in [0, 0.05) is 42.2 Å². The molecule has 7 heteroatoms. The lowest BCUT2D eigenvalue weighted by molar-refractivity contribution is 0.0616. The van der Waals surface area contributed by atoms with Gasteiger partial charge < -0.3 is 19.8 Å². The Morgan fingerprint density at radius 1 is 1.03 bits per heavy atom. The predicted molar refractivity (Wildman–Crippen MR) is 111 cm³/mol. The largest absolute Gasteiger partial charge is 0.492 e. The van der Waals surface area contributed by atoms with Gasteiger partial charge in [0.25, 0.3) is 5.91 Å². The highest BCUT2D eigenvalue weighted by Crippen LogP contribution is 2.46. The van der Waals surface area contributed by atoms with Crippen LogP contribution in [0.25, 0.3) is 11.3 Å². The van der Waals surface area contributed by atoms with E-state index in [1.165, 1.54) is 17.7 Å². The summed E-state index contributed by atoms with van der Waals surface area (Å²) in [4.78, 5) is 14.7. The minimum atomic E-state index is -0.697. The lowest BCUT2D eigenvalue weighted by Crippen LogP contribution is -2.46. The van der Waals surface area contributed by atoms with Crippen LogP contribution in [-0.2, 0) is 12.0 Å². The lowest BCUT2D eigenvalue weighted by atomic mass is 9.74. The fourth-order valence-electron chi connectivity index (χ4n) is 4.55. The smallest absolute Gasteiger partial charge is 0.289 e. The molecule has 1 fully saturated rings. The first-order valence-electron chi connectivity index (χ1n) is 10.3. The third kappa shape index (κ3) is 3.49. The van der Waals surface area contributed by atoms with Crippen LogP contribution in [-0.4, -0.2) is 30.5 Å². The average Bonchev–Trinajstić information content (AvgIpc) is 3.39. The second-order valence-corrected chi connectivity index (χ2v) is 8.22. The molecule has 2 aliphatic heterocycles. The third-order valence-electron chi connectivity index (χ3n) is 6.33. The number of likely N-dealkylation sites (tertiary alicyclic amines) is 1. The topological polar surface area (TPSA) is 68.7 Å². The molecule has 0 aliphatic carbocycles. The molecule has 2 N–H and O–H groups in total. The van der Waals surface area contributed by atoms with E-state index in [0.29, 0.717) is 26.2 Å². The fourth-order valence-corrected chi connectivity index (χ4v) is 4.55. The normalized spacial score (nSPS) is 16.9. The monoisotopic (exact) mass is 424 g/mol. The van der Waals surface area contributed by atoms with Crippen molar-refractivity contribution in [1.29, 1.82) is 0 Å². The Bertz CT molecular complexity index is 1130. The van der Waals surface area contributed by atoms with Crippen LogP contribution >= 0.6 is 0 Å². The zero-order valence-electron chi connectivity index (χ0n) is 16.9. The molecule has 3 heterocycles. The summed E-state index contributed by atoms with van der Waals surface area (Å²) in [5.74, 6) is -0.315. The van der Waals surface area contributed by atoms with Crippen molar-refractivity contribution in [3.05, 3.63) is 77.1 Å². The van der Waals surface area contributed by atoms with E-state index in [9.17, 15) is 13.6 Å². The van der Waals surface area contributed by atoms with Gasteiger partial charge in [-0.15, -0.1) is 0 Å². The molecule has 31 heavy (non-hydrogen) atoms. The first-order valence-corrected chi connectivity index (χ1v) is 10.3. The number of piperidine rings is 1. The van der Waals surface area contributed by atoms with E-state index in [1.807, 2.05) is 12.1 Å². The maximum absolute atomic E-state index is 13.5. The molecule has 1 amide bonds. The molecule has 5 rings (SSSR count). The molecule has 1 spiro atoms. The highest BCUT2D eigenvalue weighted by Gasteiger charge is 2.44. The highest BCUT2D eigenvalue weighted by molar-refractivity contribution is 5.92. The second kappa shape index (κ2) is 7.50. The first kappa shape index (κ1) is 19.8. The zero-order chi connectivity index (χ0) is 21.6. The number of furan rings is 1. The van der Waals surface area contributed by atoms with E-state index in [1.54, 1.807) is 17.0 Å². The summed E-state index contributed by atoms with van der Waals surface area (Å²) in [7, 11) is 0. The van der Waals surface area contributed by atoms with Gasteiger partial charge in [0.15, 0.2) is 5.76 Å². The van der Waals surface area contributed by atoms with E-state index in [4.69, 9.17) is 14.9 Å². The molecule has 2 aliphatic rings. The van der Waals surface area contributed by atoms with Gasteiger partial charge in [-0.25, -0.2) is 8.78 Å². The molecule has 5 nitrogen and oxygen atoms in total. The molecular weight excluding hydrogens is 402 g/mol. The molecule has 3 aromatic rings. The van der Waals surface area contributed by atoms with E-state index in [-0.39, 0.29) is 28.4 Å². The third-order valence-corrected chi connectivity index (χ3v) is 6.33. The minimum absolute atomic E-state index is 0.106. The number of fused-ring (bicyclic) bond motifs is 2. The number of carbonyl (C=O) groups excluding carboxylic acids is 1. The zero-order valence-corrected chi connectivity index (χ0v) is 16.9. The maximum Gasteiger partial charge on any atom is 0.289 e. The minimum Gasteiger partial charge on any atom is -0.492 e. The van der Waals surface area contributed by atoms with Crippen molar-refractivity contribution in [2.24, 2.45) is 5.73 Å². The Labute approximate surface area is 178 Å². The molecule has 0 atom stereocenters. The number of ether oxygens (including phenoxy) is 1. The summed E-state index contributed by atoms with van der Waals surface area (Å²) in [6, 6.07) is 12.3. The Hall–Kier alpha value is -3.19. The van der Waals surface area contributed by atoms with Gasteiger partial charge in [0.05, 0.1) is 6.61 Å². The van der Waals surface area contributed by atoms with Crippen LogP contribution in [0, 0.1) is 11.6 Å². The SMILES string of the molecule is NCc1ccc2c(c1)C1(CCN(C(=O)c3ccc(-c4cc(F)cc(F)c4)o3)CC1)CO2. The Kier molecular flexibility index (Phi) is 4.78. The summed E-state index contributed by atoms with van der Waals surface area (Å²) < 4.78 is 38.5. The molecule has 0 saturated carbocycles. The maximum atomic E-state index is 13.5. The van der Waals surface area contributed by atoms with Gasteiger partial charge in [0.2, 0.25) is 0 Å². The molecular formula is C24H22F2N2O3. The van der Waals surface area contributed by atoms with E-state index in [2.05, 4.69) is 6.07 Å². The number of hydrogen-bond donors (Lipinski definition) is 1. The van der Waals surface area contributed by atoms with Crippen LogP contribution in [0.15, 0.2) is 52.9 Å². The summed E-state index contributed by atoms with van der Waals surface area (Å²) in [5, 5.41) is 0. The van der Waals surface area contributed by atoms with Crippen molar-refractivity contribution >= 4 is 5.91 Å². The van der Waals surface area contributed by atoms with Crippen LogP contribution in [0.5, 0.6) is 5.75 Å². The van der Waals surface area contributed by atoms with Crippen molar-refractivity contribution in [1.82, 2.24) is 4.90 Å². The number of rotatable bonds is 3. The molecule has 0 bridgehead atoms. The van der Waals surface area contributed by atoms with Crippen molar-refractivity contribution in [2.45, 2.75) is 24.8 Å². The van der Waals surface area contributed by atoms with Gasteiger partial charge in [-0.1, -0.05) is 12.1 Å². The number of amides is 1. The number of carbonyl (C=O) groups is 1. The highest BCUT2D eigenvalue weighted by atomic mass is 19.1. The van der Waals surface area contributed by atoms with Gasteiger partial charge in [-0.2, -0.15) is 0 Å². The Morgan fingerprint density at radius 2 is 1.77 bits per heavy atom. The van der Waals surface area contributed by atoms with Gasteiger partial charge in [0.1, 0.15) is 23.1 Å². The number of halogens is 2. The van der Waals surface area contributed by atoms with E-state index in [0.717, 1.165) is 30.2 Å². The van der Waals surface area contributed by atoms with Crippen molar-refractivity contribution < 1.29 is 22.7 Å². The van der Waals surface area contributed by atoms with Crippen LogP contribution in [0.4, 0.5) is 8.78 Å². The van der Waals surface area contributed by atoms with Crippen molar-refractivity contribution in [3.8, 4) is 17.1 Å². The second-order valence-electron chi connectivity index (χ2n) is 8.22. The summed E-state index contributed by atoms with van der Waals surface area (Å²) >= 11 is 0. The Morgan fingerprint density at radius 3 is 2.48 bits per heavy atom. The number of hydrogen-bond acceptors (Lipinski definition) is 4. The average molecular weight is 424 g/mol. The van der Waals surface area contributed by atoms with Crippen LogP contribution in [0.3, 0.4) is 0 Å². The quantitative estimate of drug-likeness (QED) is 0.683. The van der Waals surface area contributed by atoms with Gasteiger partial charge >= 0.3 is 0 Å². The summed E-state index contributed by atoms with van der Waals surface area (Å²) in [6.07, 6.45) is 1.56. The van der Waals surface area contributed by atoms with Crippen LogP contribution in [0.2, 0.25) is 0 Å². The molecule has 0 radical (unpaired) electrons. The van der Waals surface area contributed by atoms with Gasteiger partial charge in [-0.05, 0) is 48.7 Å². The Balaban J connectivity index is 1.31. The number of benzene rings is 2. The molecule has 2 aromatic carbocycles. The van der Waals surface area contributed by atoms with Crippen molar-refractivity contribution in [3.63, 3.8) is 0 Å². The molecule has 0 unspecified atom stereocenters. The molecule has 1 saturated heterocycles. The predicted octanol–water partition coefficient (Wildman–Crippen LogP) is 4.25. The van der Waals surface area contributed by atoms with Crippen LogP contribution in [0.1, 0.15) is 34.5 Å². The van der Waals surface area contributed by atoms with Crippen LogP contribution < -0.4 is 10.5 Å². The van der Waals surface area contributed by atoms with Crippen molar-refractivity contribution in [2.75, 3.05) is 19.7 Å². The first-order chi connectivity index (χ1) is 15.0. The lowest BCUT2D eigenvalue weighted by Gasteiger charge is -2.38. The van der Waals surface area contributed by atoms with Gasteiger partial charge in [-0.3, -0.25) is 4.79 Å². The van der Waals surface area contributed by atoms with E-state index < -0.39 is 11.6 Å². The number of nitrogens with zero attached hydrogens (tertiary/aromatic N) is 1.